The topological polar surface area (TPSA) is 104 Å². The minimum Gasteiger partial charge on any atom is -0.496 e. The molecular formula is C20H18N2O6. The lowest BCUT2D eigenvalue weighted by atomic mass is 10.2. The quantitative estimate of drug-likeness (QED) is 0.482. The van der Waals surface area contributed by atoms with Gasteiger partial charge in [-0.3, -0.25) is 14.9 Å². The molecule has 1 aromatic heterocycles. The van der Waals surface area contributed by atoms with Crippen LogP contribution < -0.4 is 14.8 Å². The van der Waals surface area contributed by atoms with Gasteiger partial charge in [-0.1, -0.05) is 18.2 Å². The summed E-state index contributed by atoms with van der Waals surface area (Å²) in [6.07, 6.45) is 0. The highest BCUT2D eigenvalue weighted by molar-refractivity contribution is 6.02. The molecular weight excluding hydrogens is 364 g/mol. The van der Waals surface area contributed by atoms with Crippen LogP contribution in [0.25, 0.3) is 0 Å². The number of nitrogens with zero attached hydrogens (tertiary/aromatic N) is 1. The van der Waals surface area contributed by atoms with Crippen LogP contribution in [0.5, 0.6) is 11.5 Å². The minimum atomic E-state index is -0.563. The monoisotopic (exact) mass is 382 g/mol. The van der Waals surface area contributed by atoms with Crippen LogP contribution in [0.1, 0.15) is 21.9 Å². The minimum absolute atomic E-state index is 0.0638. The second kappa shape index (κ2) is 8.26. The Kier molecular flexibility index (Phi) is 5.59. The van der Waals surface area contributed by atoms with Crippen molar-refractivity contribution in [1.29, 1.82) is 0 Å². The zero-order valence-electron chi connectivity index (χ0n) is 15.3. The molecule has 0 aliphatic rings. The summed E-state index contributed by atoms with van der Waals surface area (Å²) < 4.78 is 16.2. The van der Waals surface area contributed by atoms with E-state index in [1.165, 1.54) is 31.4 Å². The second-order valence-corrected chi connectivity index (χ2v) is 5.95. The van der Waals surface area contributed by atoms with Crippen LogP contribution >= 0.6 is 0 Å². The highest BCUT2D eigenvalue weighted by Crippen LogP contribution is 2.26. The molecule has 28 heavy (non-hydrogen) atoms. The van der Waals surface area contributed by atoms with Crippen molar-refractivity contribution in [3.63, 3.8) is 0 Å². The Morgan fingerprint density at radius 1 is 1.18 bits per heavy atom. The van der Waals surface area contributed by atoms with Gasteiger partial charge in [0.1, 0.15) is 23.9 Å². The van der Waals surface area contributed by atoms with Gasteiger partial charge in [0.05, 0.1) is 23.8 Å². The van der Waals surface area contributed by atoms with E-state index in [0.29, 0.717) is 5.76 Å². The van der Waals surface area contributed by atoms with Crippen molar-refractivity contribution >= 4 is 17.3 Å². The molecule has 0 fully saturated rings. The number of nitro benzene ring substituents is 1. The molecule has 8 nitrogen and oxygen atoms in total. The molecule has 0 aliphatic carbocycles. The van der Waals surface area contributed by atoms with Crippen molar-refractivity contribution in [3.8, 4) is 11.5 Å². The van der Waals surface area contributed by atoms with Crippen LogP contribution in [0.3, 0.4) is 0 Å². The maximum Gasteiger partial charge on any atom is 0.291 e. The van der Waals surface area contributed by atoms with E-state index in [2.05, 4.69) is 5.32 Å². The normalized spacial score (nSPS) is 10.4. The average molecular weight is 382 g/mol. The van der Waals surface area contributed by atoms with Crippen molar-refractivity contribution in [2.24, 2.45) is 0 Å². The summed E-state index contributed by atoms with van der Waals surface area (Å²) in [5.74, 6) is 0.994. The summed E-state index contributed by atoms with van der Waals surface area (Å²) >= 11 is 0. The Labute approximate surface area is 160 Å². The highest BCUT2D eigenvalue weighted by atomic mass is 16.6. The fraction of sp³-hybridized carbons (Fsp3) is 0.150. The number of methoxy groups -OCH3 is 1. The van der Waals surface area contributed by atoms with Gasteiger partial charge in [-0.2, -0.15) is 0 Å². The summed E-state index contributed by atoms with van der Waals surface area (Å²) in [6.45, 7) is 2.10. The number of non-ortho nitro benzene ring substituents is 1. The summed E-state index contributed by atoms with van der Waals surface area (Å²) in [6, 6.07) is 14.7. The summed E-state index contributed by atoms with van der Waals surface area (Å²) in [5, 5.41) is 13.6. The number of hydrogen-bond acceptors (Lipinski definition) is 6. The lowest BCUT2D eigenvalue weighted by Crippen LogP contribution is -2.11. The number of benzene rings is 2. The molecule has 1 heterocycles. The number of hydrogen-bond donors (Lipinski definition) is 1. The van der Waals surface area contributed by atoms with E-state index in [0.717, 1.165) is 11.3 Å². The SMILES string of the molecule is COc1cc(NC(=O)c2ccc(COc3ccccc3C)o2)cc([N+](=O)[O-])c1. The predicted molar refractivity (Wildman–Crippen MR) is 102 cm³/mol. The molecule has 1 amide bonds. The predicted octanol–water partition coefficient (Wildman–Crippen LogP) is 4.34. The van der Waals surface area contributed by atoms with Crippen LogP contribution in [0, 0.1) is 17.0 Å². The number of anilines is 1. The van der Waals surface area contributed by atoms with Crippen molar-refractivity contribution in [3.05, 3.63) is 81.8 Å². The molecule has 0 saturated heterocycles. The summed E-state index contributed by atoms with van der Waals surface area (Å²) in [5.41, 5.74) is 1.03. The molecule has 1 N–H and O–H groups in total. The van der Waals surface area contributed by atoms with Gasteiger partial charge in [-0.15, -0.1) is 0 Å². The number of carbonyl (C=O) groups excluding carboxylic acids is 1. The van der Waals surface area contributed by atoms with E-state index in [1.54, 1.807) is 6.07 Å². The molecule has 3 aromatic rings. The van der Waals surface area contributed by atoms with Crippen molar-refractivity contribution in [1.82, 2.24) is 0 Å². The smallest absolute Gasteiger partial charge is 0.291 e. The zero-order valence-corrected chi connectivity index (χ0v) is 15.3. The van der Waals surface area contributed by atoms with Crippen LogP contribution in [0.4, 0.5) is 11.4 Å². The van der Waals surface area contributed by atoms with Gasteiger partial charge in [0.2, 0.25) is 0 Å². The first-order chi connectivity index (χ1) is 13.5. The lowest BCUT2D eigenvalue weighted by molar-refractivity contribution is -0.384. The molecule has 0 aliphatic heterocycles. The molecule has 2 aromatic carbocycles. The van der Waals surface area contributed by atoms with Gasteiger partial charge < -0.3 is 19.2 Å². The number of carbonyl (C=O) groups is 1. The van der Waals surface area contributed by atoms with E-state index < -0.39 is 10.8 Å². The number of furan rings is 1. The third kappa shape index (κ3) is 4.47. The molecule has 0 saturated carbocycles. The molecule has 0 radical (unpaired) electrons. The largest absolute Gasteiger partial charge is 0.496 e. The second-order valence-electron chi connectivity index (χ2n) is 5.95. The summed E-state index contributed by atoms with van der Waals surface area (Å²) in [4.78, 5) is 22.8. The van der Waals surface area contributed by atoms with Crippen molar-refractivity contribution < 1.29 is 23.6 Å². The van der Waals surface area contributed by atoms with Crippen LogP contribution in [0.15, 0.2) is 59.0 Å². The van der Waals surface area contributed by atoms with E-state index in [1.807, 2.05) is 31.2 Å². The van der Waals surface area contributed by atoms with Gasteiger partial charge in [-0.25, -0.2) is 0 Å². The fourth-order valence-electron chi connectivity index (χ4n) is 2.52. The standard InChI is InChI=1S/C20H18N2O6/c1-13-5-3-4-6-18(13)27-12-16-7-8-19(28-16)20(23)21-14-9-15(22(24)25)11-17(10-14)26-2/h3-11H,12H2,1-2H3,(H,21,23). The first kappa shape index (κ1) is 19.0. The molecule has 0 unspecified atom stereocenters. The molecule has 8 heteroatoms. The Balaban J connectivity index is 1.68. The van der Waals surface area contributed by atoms with E-state index in [4.69, 9.17) is 13.9 Å². The van der Waals surface area contributed by atoms with Crippen LogP contribution in [-0.4, -0.2) is 17.9 Å². The first-order valence-corrected chi connectivity index (χ1v) is 8.38. The van der Waals surface area contributed by atoms with Gasteiger partial charge in [0.25, 0.3) is 11.6 Å². The maximum absolute atomic E-state index is 12.4. The third-order valence-corrected chi connectivity index (χ3v) is 3.94. The van der Waals surface area contributed by atoms with Gasteiger partial charge >= 0.3 is 0 Å². The Morgan fingerprint density at radius 2 is 1.96 bits per heavy atom. The van der Waals surface area contributed by atoms with E-state index in [-0.39, 0.29) is 29.5 Å². The third-order valence-electron chi connectivity index (χ3n) is 3.94. The molecule has 144 valence electrons. The van der Waals surface area contributed by atoms with E-state index in [9.17, 15) is 14.9 Å². The number of nitrogens with one attached hydrogen (secondary N) is 1. The molecule has 3 rings (SSSR count). The highest BCUT2D eigenvalue weighted by Gasteiger charge is 2.16. The van der Waals surface area contributed by atoms with Crippen LogP contribution in [0.2, 0.25) is 0 Å². The maximum atomic E-state index is 12.4. The van der Waals surface area contributed by atoms with Gasteiger partial charge in [0.15, 0.2) is 5.76 Å². The Bertz CT molecular complexity index is 1010. The summed E-state index contributed by atoms with van der Waals surface area (Å²) in [7, 11) is 1.39. The number of amides is 1. The number of para-hydroxylation sites is 1. The first-order valence-electron chi connectivity index (χ1n) is 8.38. The number of rotatable bonds is 7. The van der Waals surface area contributed by atoms with Crippen LogP contribution in [-0.2, 0) is 6.61 Å². The number of aryl methyl sites for hydroxylation is 1. The number of ether oxygens (including phenoxy) is 2. The molecule has 0 bridgehead atoms. The Hall–Kier alpha value is -3.81. The Morgan fingerprint density at radius 3 is 2.68 bits per heavy atom. The van der Waals surface area contributed by atoms with Crippen molar-refractivity contribution in [2.75, 3.05) is 12.4 Å². The van der Waals surface area contributed by atoms with E-state index >= 15 is 0 Å². The lowest BCUT2D eigenvalue weighted by Gasteiger charge is -2.07. The fourth-order valence-corrected chi connectivity index (χ4v) is 2.52. The molecule has 0 atom stereocenters. The molecule has 0 spiro atoms. The van der Waals surface area contributed by atoms with Crippen molar-refractivity contribution in [2.45, 2.75) is 13.5 Å². The zero-order chi connectivity index (χ0) is 20.1. The van der Waals surface area contributed by atoms with Gasteiger partial charge in [-0.05, 0) is 30.7 Å². The number of nitro groups is 1. The average Bonchev–Trinajstić information content (AvgIpc) is 3.16. The van der Waals surface area contributed by atoms with Gasteiger partial charge in [0, 0.05) is 12.1 Å².